The lowest BCUT2D eigenvalue weighted by atomic mass is 9.96. The van der Waals surface area contributed by atoms with Crippen LogP contribution in [0, 0.1) is 22.7 Å². The quantitative estimate of drug-likeness (QED) is 0.718. The molecule has 80 valence electrons. The fraction of sp³-hybridized carbons (Fsp3) is 0.333. The van der Waals surface area contributed by atoms with Crippen molar-refractivity contribution < 1.29 is 0 Å². The summed E-state index contributed by atoms with van der Waals surface area (Å²) in [5.74, 6) is 0. The van der Waals surface area contributed by atoms with Crippen molar-refractivity contribution in [1.29, 1.82) is 10.5 Å². The molecule has 1 aromatic carbocycles. The highest BCUT2D eigenvalue weighted by atomic mass is 15.1. The monoisotopic (exact) mass is 212 g/mol. The SMILES string of the molecule is CCC(C#N)(CC#N)N=Nc1ccccc1. The van der Waals surface area contributed by atoms with E-state index in [4.69, 9.17) is 10.5 Å². The van der Waals surface area contributed by atoms with Crippen LogP contribution in [-0.4, -0.2) is 5.54 Å². The summed E-state index contributed by atoms with van der Waals surface area (Å²) in [5.41, 5.74) is -0.321. The number of azo groups is 1. The maximum absolute atomic E-state index is 9.03. The van der Waals surface area contributed by atoms with E-state index >= 15 is 0 Å². The largest absolute Gasteiger partial charge is 0.198 e. The second-order valence-electron chi connectivity index (χ2n) is 3.37. The Morgan fingerprint density at radius 2 is 1.94 bits per heavy atom. The van der Waals surface area contributed by atoms with Crippen LogP contribution in [0.1, 0.15) is 19.8 Å². The molecule has 0 aliphatic heterocycles. The molecular formula is C12H12N4. The number of hydrogen-bond donors (Lipinski definition) is 0. The van der Waals surface area contributed by atoms with Gasteiger partial charge in [-0.15, -0.1) is 0 Å². The normalized spacial score (nSPS) is 13.9. The molecule has 4 nitrogen and oxygen atoms in total. The summed E-state index contributed by atoms with van der Waals surface area (Å²) in [7, 11) is 0. The third kappa shape index (κ3) is 2.90. The Hall–Kier alpha value is -2.20. The first-order chi connectivity index (χ1) is 7.76. The van der Waals surface area contributed by atoms with Crippen LogP contribution in [0.5, 0.6) is 0 Å². The molecule has 0 amide bonds. The van der Waals surface area contributed by atoms with Gasteiger partial charge in [-0.05, 0) is 18.6 Å². The highest BCUT2D eigenvalue weighted by Crippen LogP contribution is 2.22. The highest BCUT2D eigenvalue weighted by Gasteiger charge is 2.27. The molecule has 1 unspecified atom stereocenters. The van der Waals surface area contributed by atoms with E-state index in [1.54, 1.807) is 12.1 Å². The number of nitriles is 2. The van der Waals surface area contributed by atoms with Crippen LogP contribution in [-0.2, 0) is 0 Å². The highest BCUT2D eigenvalue weighted by molar-refractivity contribution is 5.35. The molecule has 0 saturated carbocycles. The van der Waals surface area contributed by atoms with Crippen molar-refractivity contribution in [2.24, 2.45) is 10.2 Å². The molecule has 0 saturated heterocycles. The van der Waals surface area contributed by atoms with E-state index in [9.17, 15) is 0 Å². The molecule has 1 aromatic rings. The number of benzene rings is 1. The van der Waals surface area contributed by atoms with E-state index < -0.39 is 5.54 Å². The van der Waals surface area contributed by atoms with Crippen molar-refractivity contribution in [1.82, 2.24) is 0 Å². The van der Waals surface area contributed by atoms with Crippen LogP contribution in [0.3, 0.4) is 0 Å². The Bertz CT molecular complexity index is 438. The summed E-state index contributed by atoms with van der Waals surface area (Å²) < 4.78 is 0. The van der Waals surface area contributed by atoms with Gasteiger partial charge in [0.1, 0.15) is 0 Å². The van der Waals surface area contributed by atoms with E-state index in [1.165, 1.54) is 0 Å². The lowest BCUT2D eigenvalue weighted by molar-refractivity contribution is 0.514. The Morgan fingerprint density at radius 1 is 1.25 bits per heavy atom. The molecule has 1 atom stereocenters. The number of hydrogen-bond acceptors (Lipinski definition) is 4. The van der Waals surface area contributed by atoms with Crippen molar-refractivity contribution in [2.45, 2.75) is 25.3 Å². The zero-order valence-corrected chi connectivity index (χ0v) is 9.09. The molecule has 0 fully saturated rings. The van der Waals surface area contributed by atoms with Gasteiger partial charge in [0.15, 0.2) is 5.54 Å². The molecule has 0 bridgehead atoms. The molecule has 0 N–H and O–H groups in total. The molecule has 0 heterocycles. The fourth-order valence-electron chi connectivity index (χ4n) is 1.15. The van der Waals surface area contributed by atoms with E-state index in [-0.39, 0.29) is 6.42 Å². The van der Waals surface area contributed by atoms with Gasteiger partial charge < -0.3 is 0 Å². The van der Waals surface area contributed by atoms with E-state index in [2.05, 4.69) is 16.3 Å². The summed E-state index contributed by atoms with van der Waals surface area (Å²) in [6.45, 7) is 1.82. The zero-order valence-electron chi connectivity index (χ0n) is 9.09. The number of rotatable bonds is 4. The fourth-order valence-corrected chi connectivity index (χ4v) is 1.15. The van der Waals surface area contributed by atoms with Gasteiger partial charge in [0.2, 0.25) is 0 Å². The van der Waals surface area contributed by atoms with Gasteiger partial charge in [-0.2, -0.15) is 20.8 Å². The molecule has 1 rings (SSSR count). The first kappa shape index (κ1) is 11.9. The van der Waals surface area contributed by atoms with Crippen LogP contribution in [0.2, 0.25) is 0 Å². The molecule has 0 radical (unpaired) electrons. The van der Waals surface area contributed by atoms with E-state index in [0.29, 0.717) is 12.1 Å². The standard InChI is InChI=1S/C12H12N4/c1-2-12(10-14,8-9-13)16-15-11-6-4-3-5-7-11/h3-7H,2,8H2,1H3. The van der Waals surface area contributed by atoms with Crippen molar-refractivity contribution in [3.63, 3.8) is 0 Å². The van der Waals surface area contributed by atoms with Crippen LogP contribution < -0.4 is 0 Å². The number of nitrogens with zero attached hydrogens (tertiary/aromatic N) is 4. The van der Waals surface area contributed by atoms with Crippen molar-refractivity contribution in [3.05, 3.63) is 30.3 Å². The van der Waals surface area contributed by atoms with Gasteiger partial charge in [-0.25, -0.2) is 0 Å². The first-order valence-electron chi connectivity index (χ1n) is 5.02. The minimum Gasteiger partial charge on any atom is -0.198 e. The van der Waals surface area contributed by atoms with Gasteiger partial charge in [-0.1, -0.05) is 25.1 Å². The van der Waals surface area contributed by atoms with Gasteiger partial charge in [0.25, 0.3) is 0 Å². The Kier molecular flexibility index (Phi) is 4.17. The van der Waals surface area contributed by atoms with Crippen molar-refractivity contribution in [2.75, 3.05) is 0 Å². The predicted octanol–water partition coefficient (Wildman–Crippen LogP) is 3.36. The minimum atomic E-state index is -1.01. The topological polar surface area (TPSA) is 72.3 Å². The summed E-state index contributed by atoms with van der Waals surface area (Å²) in [5, 5.41) is 25.7. The predicted molar refractivity (Wildman–Crippen MR) is 59.8 cm³/mol. The summed E-state index contributed by atoms with van der Waals surface area (Å²) >= 11 is 0. The first-order valence-corrected chi connectivity index (χ1v) is 5.02. The van der Waals surface area contributed by atoms with Crippen LogP contribution in [0.4, 0.5) is 5.69 Å². The van der Waals surface area contributed by atoms with Crippen LogP contribution in [0.15, 0.2) is 40.6 Å². The second kappa shape index (κ2) is 5.63. The zero-order chi connectivity index (χ0) is 11.9. The lowest BCUT2D eigenvalue weighted by Gasteiger charge is -2.13. The van der Waals surface area contributed by atoms with Gasteiger partial charge >= 0.3 is 0 Å². The molecule has 4 heteroatoms. The Labute approximate surface area is 94.9 Å². The smallest absolute Gasteiger partial charge is 0.180 e. The third-order valence-corrected chi connectivity index (χ3v) is 2.28. The summed E-state index contributed by atoms with van der Waals surface area (Å²) in [6.07, 6.45) is 0.545. The minimum absolute atomic E-state index is 0.0658. The Morgan fingerprint density at radius 3 is 2.44 bits per heavy atom. The Balaban J connectivity index is 2.89. The summed E-state index contributed by atoms with van der Waals surface area (Å²) in [4.78, 5) is 0. The van der Waals surface area contributed by atoms with Crippen molar-refractivity contribution in [3.8, 4) is 12.1 Å². The second-order valence-corrected chi connectivity index (χ2v) is 3.37. The van der Waals surface area contributed by atoms with E-state index in [1.807, 2.05) is 31.2 Å². The molecule has 16 heavy (non-hydrogen) atoms. The van der Waals surface area contributed by atoms with Gasteiger partial charge in [-0.3, -0.25) is 0 Å². The molecule has 0 aliphatic carbocycles. The average molecular weight is 212 g/mol. The summed E-state index contributed by atoms with van der Waals surface area (Å²) in [6, 6.07) is 13.2. The molecule has 0 spiro atoms. The average Bonchev–Trinajstić information content (AvgIpc) is 2.36. The molecule has 0 aliphatic rings. The molecular weight excluding hydrogens is 200 g/mol. The van der Waals surface area contributed by atoms with Gasteiger partial charge in [0.05, 0.1) is 24.2 Å². The van der Waals surface area contributed by atoms with Gasteiger partial charge in [0, 0.05) is 0 Å². The lowest BCUT2D eigenvalue weighted by Crippen LogP contribution is -2.21. The molecule has 0 aromatic heterocycles. The maximum Gasteiger partial charge on any atom is 0.180 e. The van der Waals surface area contributed by atoms with E-state index in [0.717, 1.165) is 0 Å². The maximum atomic E-state index is 9.03. The van der Waals surface area contributed by atoms with Crippen LogP contribution >= 0.6 is 0 Å². The van der Waals surface area contributed by atoms with Crippen LogP contribution in [0.25, 0.3) is 0 Å². The third-order valence-electron chi connectivity index (χ3n) is 2.28. The van der Waals surface area contributed by atoms with Crippen molar-refractivity contribution >= 4 is 5.69 Å².